The molecule has 3 aromatic carbocycles. The average Bonchev–Trinajstić information content (AvgIpc) is 2.85. The van der Waals surface area contributed by atoms with Gasteiger partial charge in [-0.3, -0.25) is 14.4 Å². The standard InChI is InChI=1S/C27H22O10S/c1-15-5-11-20(12-6-15)38(31,32)37-27-25-21(30)13-22(18-7-9-19(33-4)10-8-18)36-23(25)14-24(34-16(2)28)26(27)35-17(3)29/h5-14H,1-4H3. The van der Waals surface area contributed by atoms with E-state index in [9.17, 15) is 22.8 Å². The molecule has 4 aromatic rings. The zero-order valence-corrected chi connectivity index (χ0v) is 21.6. The van der Waals surface area contributed by atoms with Crippen LogP contribution in [0.3, 0.4) is 0 Å². The Bertz CT molecular complexity index is 1700. The normalized spacial score (nSPS) is 11.2. The molecule has 0 aliphatic heterocycles. The van der Waals surface area contributed by atoms with Gasteiger partial charge in [-0.25, -0.2) is 0 Å². The van der Waals surface area contributed by atoms with Gasteiger partial charge in [0.15, 0.2) is 11.2 Å². The summed E-state index contributed by atoms with van der Waals surface area (Å²) in [6, 6.07) is 14.7. The molecule has 0 spiro atoms. The number of carbonyl (C=O) groups excluding carboxylic acids is 2. The van der Waals surface area contributed by atoms with E-state index in [0.717, 1.165) is 31.5 Å². The van der Waals surface area contributed by atoms with Crippen molar-refractivity contribution in [2.24, 2.45) is 0 Å². The number of aryl methyl sites for hydroxylation is 1. The van der Waals surface area contributed by atoms with Gasteiger partial charge in [0, 0.05) is 31.5 Å². The molecule has 0 fully saturated rings. The van der Waals surface area contributed by atoms with Crippen molar-refractivity contribution >= 4 is 33.0 Å². The number of rotatable bonds is 7. The molecule has 38 heavy (non-hydrogen) atoms. The molecule has 0 N–H and O–H groups in total. The highest BCUT2D eigenvalue weighted by molar-refractivity contribution is 7.87. The van der Waals surface area contributed by atoms with Gasteiger partial charge in [0.1, 0.15) is 27.4 Å². The van der Waals surface area contributed by atoms with Crippen LogP contribution >= 0.6 is 0 Å². The molecule has 0 unspecified atom stereocenters. The van der Waals surface area contributed by atoms with Crippen LogP contribution in [0.4, 0.5) is 0 Å². The van der Waals surface area contributed by atoms with Crippen LogP contribution < -0.4 is 23.8 Å². The highest BCUT2D eigenvalue weighted by Gasteiger charge is 2.29. The number of hydrogen-bond donors (Lipinski definition) is 0. The van der Waals surface area contributed by atoms with Crippen LogP contribution in [0.2, 0.25) is 0 Å². The summed E-state index contributed by atoms with van der Waals surface area (Å²) >= 11 is 0. The Morgan fingerprint density at radius 3 is 2.05 bits per heavy atom. The Balaban J connectivity index is 2.00. The number of benzene rings is 3. The molecule has 10 nitrogen and oxygen atoms in total. The van der Waals surface area contributed by atoms with Gasteiger partial charge in [0.2, 0.25) is 11.5 Å². The van der Waals surface area contributed by atoms with Crippen LogP contribution in [0.15, 0.2) is 74.8 Å². The third-order valence-electron chi connectivity index (χ3n) is 5.27. The maximum Gasteiger partial charge on any atom is 0.339 e. The summed E-state index contributed by atoms with van der Waals surface area (Å²) in [5, 5.41) is -0.342. The molecule has 0 saturated carbocycles. The van der Waals surface area contributed by atoms with Crippen LogP contribution in [0, 0.1) is 6.92 Å². The van der Waals surface area contributed by atoms with Crippen molar-refractivity contribution in [2.45, 2.75) is 25.7 Å². The largest absolute Gasteiger partial charge is 0.497 e. The van der Waals surface area contributed by atoms with E-state index in [2.05, 4.69) is 0 Å². The van der Waals surface area contributed by atoms with E-state index in [4.69, 9.17) is 22.8 Å². The lowest BCUT2D eigenvalue weighted by molar-refractivity contribution is -0.134. The predicted octanol–water partition coefficient (Wildman–Crippen LogP) is 4.40. The van der Waals surface area contributed by atoms with Crippen molar-refractivity contribution in [1.82, 2.24) is 0 Å². The maximum atomic E-state index is 13.3. The van der Waals surface area contributed by atoms with Crippen LogP contribution in [0.25, 0.3) is 22.3 Å². The molecular weight excluding hydrogens is 516 g/mol. The van der Waals surface area contributed by atoms with E-state index in [0.29, 0.717) is 11.3 Å². The zero-order valence-electron chi connectivity index (χ0n) is 20.8. The van der Waals surface area contributed by atoms with Crippen molar-refractivity contribution in [2.75, 3.05) is 7.11 Å². The first kappa shape index (κ1) is 26.4. The molecule has 0 bridgehead atoms. The second kappa shape index (κ2) is 10.4. The maximum absolute atomic E-state index is 13.3. The lowest BCUT2D eigenvalue weighted by Gasteiger charge is -2.16. The Morgan fingerprint density at radius 2 is 1.47 bits per heavy atom. The number of esters is 2. The third-order valence-corrected chi connectivity index (χ3v) is 6.51. The molecule has 11 heteroatoms. The molecule has 0 amide bonds. The average molecular weight is 539 g/mol. The number of ether oxygens (including phenoxy) is 3. The highest BCUT2D eigenvalue weighted by atomic mass is 32.2. The summed E-state index contributed by atoms with van der Waals surface area (Å²) in [7, 11) is -3.03. The smallest absolute Gasteiger partial charge is 0.339 e. The zero-order chi connectivity index (χ0) is 27.6. The Kier molecular flexibility index (Phi) is 7.22. The minimum absolute atomic E-state index is 0.131. The fourth-order valence-electron chi connectivity index (χ4n) is 3.56. The minimum Gasteiger partial charge on any atom is -0.497 e. The molecule has 1 aromatic heterocycles. The van der Waals surface area contributed by atoms with Gasteiger partial charge < -0.3 is 22.8 Å². The molecule has 0 atom stereocenters. The number of fused-ring (bicyclic) bond motifs is 1. The van der Waals surface area contributed by atoms with Crippen molar-refractivity contribution in [3.63, 3.8) is 0 Å². The second-order valence-corrected chi connectivity index (χ2v) is 9.69. The van der Waals surface area contributed by atoms with E-state index < -0.39 is 39.0 Å². The molecule has 0 aliphatic carbocycles. The summed E-state index contributed by atoms with van der Waals surface area (Å²) in [6.07, 6.45) is 0. The van der Waals surface area contributed by atoms with Crippen LogP contribution in [-0.4, -0.2) is 27.5 Å². The summed E-state index contributed by atoms with van der Waals surface area (Å²) < 4.78 is 53.1. The lowest BCUT2D eigenvalue weighted by atomic mass is 10.1. The van der Waals surface area contributed by atoms with E-state index in [1.165, 1.54) is 19.2 Å². The van der Waals surface area contributed by atoms with E-state index in [-0.39, 0.29) is 27.4 Å². The molecule has 0 radical (unpaired) electrons. The lowest BCUT2D eigenvalue weighted by Crippen LogP contribution is -2.15. The Hall–Kier alpha value is -4.64. The second-order valence-electron chi connectivity index (χ2n) is 8.15. The summed E-state index contributed by atoms with van der Waals surface area (Å²) in [5.41, 5.74) is 0.440. The van der Waals surface area contributed by atoms with Crippen molar-refractivity contribution < 1.29 is 40.8 Å². The van der Waals surface area contributed by atoms with Crippen LogP contribution in [0.5, 0.6) is 23.0 Å². The fraction of sp³-hybridized carbons (Fsp3) is 0.148. The molecule has 1 heterocycles. The van der Waals surface area contributed by atoms with Crippen molar-refractivity contribution in [1.29, 1.82) is 0 Å². The van der Waals surface area contributed by atoms with Gasteiger partial charge in [-0.1, -0.05) is 17.7 Å². The fourth-order valence-corrected chi connectivity index (χ4v) is 4.50. The monoisotopic (exact) mass is 538 g/mol. The molecule has 0 aliphatic rings. The SMILES string of the molecule is COc1ccc(-c2cc(=O)c3c(OS(=O)(=O)c4ccc(C)cc4)c(OC(C)=O)c(OC(C)=O)cc3o2)cc1. The summed E-state index contributed by atoms with van der Waals surface area (Å²) in [6.45, 7) is 3.92. The van der Waals surface area contributed by atoms with Gasteiger partial charge >= 0.3 is 22.1 Å². The number of hydrogen-bond acceptors (Lipinski definition) is 10. The van der Waals surface area contributed by atoms with Gasteiger partial charge in [-0.15, -0.1) is 0 Å². The molecule has 0 saturated heterocycles. The summed E-state index contributed by atoms with van der Waals surface area (Å²) in [5.74, 6) is -2.59. The molecule has 196 valence electrons. The summed E-state index contributed by atoms with van der Waals surface area (Å²) in [4.78, 5) is 36.9. The van der Waals surface area contributed by atoms with E-state index in [1.54, 1.807) is 43.3 Å². The molecule has 4 rings (SSSR count). The van der Waals surface area contributed by atoms with E-state index in [1.807, 2.05) is 0 Å². The molecular formula is C27H22O10S. The first-order valence-corrected chi connectivity index (χ1v) is 12.6. The topological polar surface area (TPSA) is 135 Å². The Morgan fingerprint density at radius 1 is 0.842 bits per heavy atom. The van der Waals surface area contributed by atoms with Gasteiger partial charge in [-0.2, -0.15) is 8.42 Å². The highest BCUT2D eigenvalue weighted by Crippen LogP contribution is 2.45. The van der Waals surface area contributed by atoms with Crippen LogP contribution in [0.1, 0.15) is 19.4 Å². The minimum atomic E-state index is -4.54. The van der Waals surface area contributed by atoms with Crippen molar-refractivity contribution in [3.8, 4) is 34.3 Å². The van der Waals surface area contributed by atoms with Gasteiger partial charge in [0.05, 0.1) is 7.11 Å². The first-order chi connectivity index (χ1) is 18.0. The van der Waals surface area contributed by atoms with E-state index >= 15 is 0 Å². The number of methoxy groups -OCH3 is 1. The van der Waals surface area contributed by atoms with Crippen LogP contribution in [-0.2, 0) is 19.7 Å². The van der Waals surface area contributed by atoms with Gasteiger partial charge in [0.25, 0.3) is 0 Å². The van der Waals surface area contributed by atoms with Gasteiger partial charge in [-0.05, 0) is 43.3 Å². The quantitative estimate of drug-likeness (QED) is 0.189. The predicted molar refractivity (Wildman–Crippen MR) is 136 cm³/mol. The number of carbonyl (C=O) groups is 2. The third kappa shape index (κ3) is 5.52. The first-order valence-electron chi connectivity index (χ1n) is 11.2. The Labute approximate surface area is 217 Å². The van der Waals surface area contributed by atoms with Crippen molar-refractivity contribution in [3.05, 3.63) is 76.5 Å².